The summed E-state index contributed by atoms with van der Waals surface area (Å²) in [5.41, 5.74) is 2.02. The molecular weight excluding hydrogens is 281 g/mol. The molecular formula is C10H11BrClNO2. The minimum Gasteiger partial charge on any atom is -0.468 e. The van der Waals surface area contributed by atoms with Crippen molar-refractivity contribution < 1.29 is 9.53 Å². The average Bonchev–Trinajstić information content (AvgIpc) is 2.59. The highest BCUT2D eigenvalue weighted by Crippen LogP contribution is 2.34. The summed E-state index contributed by atoms with van der Waals surface area (Å²) in [7, 11) is 1.41. The number of esters is 1. The number of ether oxygens (including phenoxy) is 1. The highest BCUT2D eigenvalue weighted by Gasteiger charge is 2.29. The molecule has 3 nitrogen and oxygen atoms in total. The van der Waals surface area contributed by atoms with Crippen LogP contribution in [0, 0.1) is 0 Å². The Hall–Kier alpha value is -0.740. The summed E-state index contributed by atoms with van der Waals surface area (Å²) in [6, 6.07) is 5.87. The monoisotopic (exact) mass is 291 g/mol. The number of carbonyl (C=O) groups is 1. The van der Waals surface area contributed by atoms with Gasteiger partial charge in [0.1, 0.15) is 5.92 Å². The summed E-state index contributed by atoms with van der Waals surface area (Å²) in [6.07, 6.45) is 0. The minimum absolute atomic E-state index is 0. The summed E-state index contributed by atoms with van der Waals surface area (Å²) in [6.45, 7) is 0.623. The number of halogens is 2. The molecule has 1 atom stereocenters. The molecule has 1 aliphatic rings. The number of carbonyl (C=O) groups excluding carboxylic acids is 1. The lowest BCUT2D eigenvalue weighted by molar-refractivity contribution is -0.141. The first-order valence-corrected chi connectivity index (χ1v) is 5.13. The maximum Gasteiger partial charge on any atom is 0.315 e. The summed E-state index contributed by atoms with van der Waals surface area (Å²) < 4.78 is 5.72. The van der Waals surface area contributed by atoms with Gasteiger partial charge in [-0.15, -0.1) is 12.4 Å². The molecule has 0 saturated carbocycles. The lowest BCUT2D eigenvalue weighted by Crippen LogP contribution is -2.15. The fourth-order valence-electron chi connectivity index (χ4n) is 1.66. The molecule has 1 N–H and O–H groups in total. The Kier molecular flexibility index (Phi) is 3.99. The summed E-state index contributed by atoms with van der Waals surface area (Å²) >= 11 is 3.38. The zero-order valence-corrected chi connectivity index (χ0v) is 10.5. The maximum atomic E-state index is 11.4. The van der Waals surface area contributed by atoms with E-state index in [1.807, 2.05) is 18.2 Å². The van der Waals surface area contributed by atoms with Crippen molar-refractivity contribution in [3.05, 3.63) is 28.2 Å². The number of methoxy groups -OCH3 is 1. The van der Waals surface area contributed by atoms with Crippen LogP contribution in [0.3, 0.4) is 0 Å². The Balaban J connectivity index is 0.00000112. The molecule has 0 spiro atoms. The average molecular weight is 293 g/mol. The van der Waals surface area contributed by atoms with E-state index < -0.39 is 0 Å². The van der Waals surface area contributed by atoms with Gasteiger partial charge in [-0.25, -0.2) is 0 Å². The van der Waals surface area contributed by atoms with Crippen LogP contribution in [-0.4, -0.2) is 19.6 Å². The third-order valence-electron chi connectivity index (χ3n) is 2.37. The fraction of sp³-hybridized carbons (Fsp3) is 0.300. The van der Waals surface area contributed by atoms with Crippen molar-refractivity contribution in [2.45, 2.75) is 5.92 Å². The predicted molar refractivity (Wildman–Crippen MR) is 64.6 cm³/mol. The number of hydrogen-bond donors (Lipinski definition) is 1. The van der Waals surface area contributed by atoms with Gasteiger partial charge in [0.2, 0.25) is 0 Å². The minimum atomic E-state index is -0.186. The molecule has 1 aliphatic heterocycles. The largest absolute Gasteiger partial charge is 0.468 e. The third-order valence-corrected chi connectivity index (χ3v) is 2.86. The van der Waals surface area contributed by atoms with Gasteiger partial charge in [-0.1, -0.05) is 15.9 Å². The Labute approximate surface area is 103 Å². The van der Waals surface area contributed by atoms with Crippen LogP contribution in [0.1, 0.15) is 11.5 Å². The predicted octanol–water partition coefficient (Wildman–Crippen LogP) is 2.55. The van der Waals surface area contributed by atoms with Crippen molar-refractivity contribution in [3.8, 4) is 0 Å². The highest BCUT2D eigenvalue weighted by molar-refractivity contribution is 9.10. The number of nitrogens with one attached hydrogen (secondary N) is 1. The first kappa shape index (κ1) is 12.3. The Morgan fingerprint density at radius 1 is 1.60 bits per heavy atom. The van der Waals surface area contributed by atoms with Crippen LogP contribution in [0.2, 0.25) is 0 Å². The van der Waals surface area contributed by atoms with Crippen molar-refractivity contribution in [1.29, 1.82) is 0 Å². The van der Waals surface area contributed by atoms with Gasteiger partial charge in [-0.05, 0) is 23.8 Å². The molecule has 1 aromatic rings. The standard InChI is InChI=1S/C10H10BrNO2.ClH/c1-14-10(13)8-5-12-9-3-2-6(11)4-7(8)9;/h2-4,8,12H,5H2,1H3;1H. The maximum absolute atomic E-state index is 11.4. The molecule has 0 fully saturated rings. The summed E-state index contributed by atoms with van der Waals surface area (Å²) in [5, 5.41) is 3.17. The van der Waals surface area contributed by atoms with Gasteiger partial charge in [-0.3, -0.25) is 4.79 Å². The molecule has 1 unspecified atom stereocenters. The summed E-state index contributed by atoms with van der Waals surface area (Å²) in [4.78, 5) is 11.4. The van der Waals surface area contributed by atoms with E-state index in [-0.39, 0.29) is 24.3 Å². The molecule has 82 valence electrons. The number of anilines is 1. The normalized spacial score (nSPS) is 17.3. The van der Waals surface area contributed by atoms with Crippen molar-refractivity contribution >= 4 is 40.0 Å². The number of rotatable bonds is 1. The Morgan fingerprint density at radius 3 is 3.00 bits per heavy atom. The second-order valence-electron chi connectivity index (χ2n) is 3.19. The molecule has 0 aliphatic carbocycles. The first-order valence-electron chi connectivity index (χ1n) is 4.33. The van der Waals surface area contributed by atoms with Gasteiger partial charge < -0.3 is 10.1 Å². The second kappa shape index (κ2) is 4.86. The Morgan fingerprint density at radius 2 is 2.33 bits per heavy atom. The van der Waals surface area contributed by atoms with Crippen LogP contribution in [0.25, 0.3) is 0 Å². The SMILES string of the molecule is COC(=O)C1CNc2ccc(Br)cc21.Cl. The zero-order valence-electron chi connectivity index (χ0n) is 8.12. The smallest absolute Gasteiger partial charge is 0.315 e. The van der Waals surface area contributed by atoms with E-state index in [4.69, 9.17) is 4.74 Å². The molecule has 1 aromatic carbocycles. The highest BCUT2D eigenvalue weighted by atomic mass is 79.9. The summed E-state index contributed by atoms with van der Waals surface area (Å²) in [5.74, 6) is -0.359. The molecule has 0 bridgehead atoms. The van der Waals surface area contributed by atoms with Crippen LogP contribution in [0.4, 0.5) is 5.69 Å². The van der Waals surface area contributed by atoms with Crippen LogP contribution in [-0.2, 0) is 9.53 Å². The van der Waals surface area contributed by atoms with Crippen LogP contribution < -0.4 is 5.32 Å². The molecule has 0 aromatic heterocycles. The molecule has 0 radical (unpaired) electrons. The van der Waals surface area contributed by atoms with E-state index in [0.29, 0.717) is 6.54 Å². The number of hydrogen-bond acceptors (Lipinski definition) is 3. The molecule has 5 heteroatoms. The fourth-order valence-corrected chi connectivity index (χ4v) is 2.04. The van der Waals surface area contributed by atoms with Crippen LogP contribution in [0.5, 0.6) is 0 Å². The topological polar surface area (TPSA) is 38.3 Å². The van der Waals surface area contributed by atoms with Gasteiger partial charge in [0.15, 0.2) is 0 Å². The van der Waals surface area contributed by atoms with Crippen molar-refractivity contribution in [2.24, 2.45) is 0 Å². The quantitative estimate of drug-likeness (QED) is 0.809. The van der Waals surface area contributed by atoms with Gasteiger partial charge in [-0.2, -0.15) is 0 Å². The van der Waals surface area contributed by atoms with Crippen molar-refractivity contribution in [2.75, 3.05) is 19.0 Å². The molecule has 0 amide bonds. The van der Waals surface area contributed by atoms with E-state index >= 15 is 0 Å². The third kappa shape index (κ3) is 2.26. The van der Waals surface area contributed by atoms with E-state index in [9.17, 15) is 4.79 Å². The van der Waals surface area contributed by atoms with Crippen LogP contribution in [0.15, 0.2) is 22.7 Å². The van der Waals surface area contributed by atoms with Gasteiger partial charge in [0, 0.05) is 16.7 Å². The molecule has 15 heavy (non-hydrogen) atoms. The van der Waals surface area contributed by atoms with E-state index in [0.717, 1.165) is 15.7 Å². The van der Waals surface area contributed by atoms with E-state index in [1.54, 1.807) is 0 Å². The zero-order chi connectivity index (χ0) is 10.1. The van der Waals surface area contributed by atoms with Gasteiger partial charge in [0.25, 0.3) is 0 Å². The van der Waals surface area contributed by atoms with Gasteiger partial charge in [0.05, 0.1) is 7.11 Å². The number of benzene rings is 1. The first-order chi connectivity index (χ1) is 6.72. The van der Waals surface area contributed by atoms with Gasteiger partial charge >= 0.3 is 5.97 Å². The second-order valence-corrected chi connectivity index (χ2v) is 4.10. The van der Waals surface area contributed by atoms with Crippen molar-refractivity contribution in [3.63, 3.8) is 0 Å². The molecule has 1 heterocycles. The molecule has 0 saturated heterocycles. The molecule has 2 rings (SSSR count). The van der Waals surface area contributed by atoms with E-state index in [2.05, 4.69) is 21.2 Å². The van der Waals surface area contributed by atoms with Crippen LogP contribution >= 0.6 is 28.3 Å². The Bertz CT molecular complexity index is 384. The lowest BCUT2D eigenvalue weighted by atomic mass is 10.0. The van der Waals surface area contributed by atoms with Crippen molar-refractivity contribution in [1.82, 2.24) is 0 Å². The van der Waals surface area contributed by atoms with E-state index in [1.165, 1.54) is 7.11 Å². The number of fused-ring (bicyclic) bond motifs is 1. The lowest BCUT2D eigenvalue weighted by Gasteiger charge is -2.07.